The molecule has 0 saturated heterocycles. The molecule has 0 atom stereocenters. The highest BCUT2D eigenvalue weighted by Crippen LogP contribution is 2.17. The quantitative estimate of drug-likeness (QED) is 0.426. The van der Waals surface area contributed by atoms with Crippen LogP contribution >= 0.6 is 12.2 Å². The molecule has 0 saturated carbocycles. The molecule has 0 spiro atoms. The van der Waals surface area contributed by atoms with Crippen LogP contribution in [0.1, 0.15) is 11.1 Å². The van der Waals surface area contributed by atoms with E-state index in [0.717, 1.165) is 28.3 Å². The summed E-state index contributed by atoms with van der Waals surface area (Å²) in [6.07, 6.45) is 3.13. The van der Waals surface area contributed by atoms with Crippen molar-refractivity contribution in [1.29, 1.82) is 0 Å². The van der Waals surface area contributed by atoms with E-state index in [1.54, 1.807) is 13.2 Å². The first-order chi connectivity index (χ1) is 14.6. The highest BCUT2D eigenvalue weighted by atomic mass is 32.1. The van der Waals surface area contributed by atoms with Gasteiger partial charge in [0, 0.05) is 11.8 Å². The molecule has 5 nitrogen and oxygen atoms in total. The van der Waals surface area contributed by atoms with Crippen molar-refractivity contribution in [2.75, 3.05) is 12.4 Å². The van der Waals surface area contributed by atoms with E-state index in [1.807, 2.05) is 78.9 Å². The maximum absolute atomic E-state index is 12.0. The number of hydrogen-bond donors (Lipinski definition) is 2. The maximum Gasteiger partial charge on any atom is 0.250 e. The molecule has 30 heavy (non-hydrogen) atoms. The summed E-state index contributed by atoms with van der Waals surface area (Å²) in [6.45, 7) is 0.503. The van der Waals surface area contributed by atoms with Crippen LogP contribution in [0, 0.1) is 0 Å². The van der Waals surface area contributed by atoms with Gasteiger partial charge in [0.1, 0.15) is 18.1 Å². The summed E-state index contributed by atoms with van der Waals surface area (Å²) in [5.74, 6) is 1.20. The first kappa shape index (κ1) is 21.1. The predicted molar refractivity (Wildman–Crippen MR) is 124 cm³/mol. The minimum Gasteiger partial charge on any atom is -0.497 e. The summed E-state index contributed by atoms with van der Waals surface area (Å²) in [6, 6.07) is 24.7. The lowest BCUT2D eigenvalue weighted by Crippen LogP contribution is -2.32. The van der Waals surface area contributed by atoms with E-state index in [1.165, 1.54) is 6.08 Å². The summed E-state index contributed by atoms with van der Waals surface area (Å²) < 4.78 is 10.9. The Hall–Kier alpha value is -3.64. The molecule has 6 heteroatoms. The molecule has 3 aromatic rings. The van der Waals surface area contributed by atoms with E-state index in [9.17, 15) is 4.79 Å². The second-order valence-electron chi connectivity index (χ2n) is 6.35. The number of nitrogens with one attached hydrogen (secondary N) is 2. The molecule has 3 rings (SSSR count). The average Bonchev–Trinajstić information content (AvgIpc) is 2.78. The number of methoxy groups -OCH3 is 1. The lowest BCUT2D eigenvalue weighted by Gasteiger charge is -2.10. The monoisotopic (exact) mass is 418 g/mol. The second-order valence-corrected chi connectivity index (χ2v) is 6.76. The van der Waals surface area contributed by atoms with Crippen molar-refractivity contribution in [2.45, 2.75) is 6.61 Å². The molecule has 0 fully saturated rings. The van der Waals surface area contributed by atoms with Crippen LogP contribution in [0.5, 0.6) is 11.5 Å². The molecule has 2 N–H and O–H groups in total. The molecule has 0 heterocycles. The number of benzene rings is 3. The van der Waals surface area contributed by atoms with Crippen molar-refractivity contribution in [1.82, 2.24) is 5.32 Å². The zero-order valence-electron chi connectivity index (χ0n) is 16.5. The molecule has 0 aliphatic heterocycles. The lowest BCUT2D eigenvalue weighted by atomic mass is 10.2. The van der Waals surface area contributed by atoms with Gasteiger partial charge >= 0.3 is 0 Å². The molecule has 3 aromatic carbocycles. The van der Waals surface area contributed by atoms with Gasteiger partial charge in [-0.1, -0.05) is 42.5 Å². The van der Waals surface area contributed by atoms with Crippen molar-refractivity contribution in [3.05, 3.63) is 96.1 Å². The van der Waals surface area contributed by atoms with Crippen molar-refractivity contribution in [3.8, 4) is 11.5 Å². The first-order valence-electron chi connectivity index (χ1n) is 9.33. The number of anilines is 1. The summed E-state index contributed by atoms with van der Waals surface area (Å²) >= 11 is 5.20. The zero-order chi connectivity index (χ0) is 21.2. The number of thiocarbonyl (C=S) groups is 1. The number of carbonyl (C=O) groups excluding carboxylic acids is 1. The third kappa shape index (κ3) is 6.76. The zero-order valence-corrected chi connectivity index (χ0v) is 17.3. The maximum atomic E-state index is 12.0. The SMILES string of the molecule is COc1ccc(/C=C/C(=O)NC(=S)Nc2ccc(OCc3ccccc3)cc2)cc1. The average molecular weight is 419 g/mol. The van der Waals surface area contributed by atoms with Crippen LogP contribution in [-0.2, 0) is 11.4 Å². The fraction of sp³-hybridized carbons (Fsp3) is 0.0833. The first-order valence-corrected chi connectivity index (χ1v) is 9.74. The Bertz CT molecular complexity index is 1000. The Labute approximate surface area is 181 Å². The molecule has 1 amide bonds. The summed E-state index contributed by atoms with van der Waals surface area (Å²) in [5.41, 5.74) is 2.74. The largest absolute Gasteiger partial charge is 0.497 e. The van der Waals surface area contributed by atoms with E-state index in [0.29, 0.717) is 6.61 Å². The fourth-order valence-electron chi connectivity index (χ4n) is 2.58. The smallest absolute Gasteiger partial charge is 0.250 e. The van der Waals surface area contributed by atoms with Crippen LogP contribution in [0.3, 0.4) is 0 Å². The van der Waals surface area contributed by atoms with Crippen molar-refractivity contribution in [2.24, 2.45) is 0 Å². The Kier molecular flexibility index (Phi) is 7.58. The standard InChI is InChI=1S/C24H22N2O3S/c1-28-21-12-7-18(8-13-21)9-16-23(27)26-24(30)25-20-10-14-22(15-11-20)29-17-19-5-3-2-4-6-19/h2-16H,17H2,1H3,(H2,25,26,27,30)/b16-9+. The van der Waals surface area contributed by atoms with E-state index in [2.05, 4.69) is 10.6 Å². The van der Waals surface area contributed by atoms with Crippen molar-refractivity contribution >= 4 is 35.0 Å². The molecule has 0 aliphatic carbocycles. The third-order valence-electron chi connectivity index (χ3n) is 4.14. The second kappa shape index (κ2) is 10.8. The molecular weight excluding hydrogens is 396 g/mol. The highest BCUT2D eigenvalue weighted by Gasteiger charge is 2.03. The molecule has 0 aliphatic rings. The minimum absolute atomic E-state index is 0.220. The summed E-state index contributed by atoms with van der Waals surface area (Å²) in [7, 11) is 1.61. The van der Waals surface area contributed by atoms with E-state index in [4.69, 9.17) is 21.7 Å². The third-order valence-corrected chi connectivity index (χ3v) is 4.34. The van der Waals surface area contributed by atoms with Gasteiger partial charge in [-0.2, -0.15) is 0 Å². The van der Waals surface area contributed by atoms with Gasteiger partial charge in [0.25, 0.3) is 0 Å². The number of ether oxygens (including phenoxy) is 2. The van der Waals surface area contributed by atoms with Crippen LogP contribution < -0.4 is 20.1 Å². The number of amides is 1. The molecule has 0 unspecified atom stereocenters. The van der Waals surface area contributed by atoms with Gasteiger partial charge < -0.3 is 14.8 Å². The fourth-order valence-corrected chi connectivity index (χ4v) is 2.80. The van der Waals surface area contributed by atoms with E-state index < -0.39 is 0 Å². The van der Waals surface area contributed by atoms with Gasteiger partial charge in [0.2, 0.25) is 5.91 Å². The topological polar surface area (TPSA) is 59.6 Å². The van der Waals surface area contributed by atoms with E-state index >= 15 is 0 Å². The van der Waals surface area contributed by atoms with Gasteiger partial charge in [-0.15, -0.1) is 0 Å². The van der Waals surface area contributed by atoms with Crippen LogP contribution in [0.15, 0.2) is 84.9 Å². The van der Waals surface area contributed by atoms with Gasteiger partial charge in [0.15, 0.2) is 5.11 Å². The number of carbonyl (C=O) groups is 1. The normalized spacial score (nSPS) is 10.4. The van der Waals surface area contributed by atoms with E-state index in [-0.39, 0.29) is 11.0 Å². The lowest BCUT2D eigenvalue weighted by molar-refractivity contribution is -0.115. The highest BCUT2D eigenvalue weighted by molar-refractivity contribution is 7.80. The van der Waals surface area contributed by atoms with Crippen molar-refractivity contribution < 1.29 is 14.3 Å². The van der Waals surface area contributed by atoms with Gasteiger partial charge in [-0.25, -0.2) is 0 Å². The summed E-state index contributed by atoms with van der Waals surface area (Å²) in [5, 5.41) is 5.82. The number of hydrogen-bond acceptors (Lipinski definition) is 4. The van der Waals surface area contributed by atoms with Crippen molar-refractivity contribution in [3.63, 3.8) is 0 Å². The number of rotatable bonds is 7. The van der Waals surface area contributed by atoms with Gasteiger partial charge in [0.05, 0.1) is 7.11 Å². The van der Waals surface area contributed by atoms with Crippen LogP contribution in [0.4, 0.5) is 5.69 Å². The van der Waals surface area contributed by atoms with Crippen LogP contribution in [-0.4, -0.2) is 18.1 Å². The Morgan fingerprint density at radius 1 is 0.933 bits per heavy atom. The Morgan fingerprint density at radius 2 is 1.60 bits per heavy atom. The Balaban J connectivity index is 1.45. The predicted octanol–water partition coefficient (Wildman–Crippen LogP) is 4.80. The molecule has 0 radical (unpaired) electrons. The van der Waals surface area contributed by atoms with Gasteiger partial charge in [-0.3, -0.25) is 10.1 Å². The molecule has 0 bridgehead atoms. The molecule has 0 aromatic heterocycles. The molecular formula is C24H22N2O3S. The molecule has 152 valence electrons. The Morgan fingerprint density at radius 3 is 2.27 bits per heavy atom. The van der Waals surface area contributed by atoms with Crippen LogP contribution in [0.2, 0.25) is 0 Å². The van der Waals surface area contributed by atoms with Gasteiger partial charge in [-0.05, 0) is 65.8 Å². The summed E-state index contributed by atoms with van der Waals surface area (Å²) in [4.78, 5) is 12.0. The van der Waals surface area contributed by atoms with Crippen LogP contribution in [0.25, 0.3) is 6.08 Å². The minimum atomic E-state index is -0.314.